The van der Waals surface area contributed by atoms with Gasteiger partial charge in [0.1, 0.15) is 0 Å². The van der Waals surface area contributed by atoms with E-state index < -0.39 is 0 Å². The highest BCUT2D eigenvalue weighted by molar-refractivity contribution is 5.80. The molecular weight excluding hydrogens is 244 g/mol. The third kappa shape index (κ3) is 4.16. The fourth-order valence-electron chi connectivity index (χ4n) is 2.95. The zero-order valence-corrected chi connectivity index (χ0v) is 11.7. The molecule has 4 atom stereocenters. The summed E-state index contributed by atoms with van der Waals surface area (Å²) in [6.07, 6.45) is 4.31. The summed E-state index contributed by atoms with van der Waals surface area (Å²) in [5.74, 6) is -0.0178. The van der Waals surface area contributed by atoms with Crippen LogP contribution in [0.4, 0.5) is 0 Å². The molecule has 2 rings (SSSR count). The maximum Gasteiger partial charge on any atom is 0.227 e. The Kier molecular flexibility index (Phi) is 5.60. The van der Waals surface area contributed by atoms with Crippen LogP contribution >= 0.6 is 0 Å². The fraction of sp³-hybridized carbons (Fsp3) is 0.929. The molecule has 3 N–H and O–H groups in total. The number of nitrogens with one attached hydrogen (secondary N) is 2. The summed E-state index contributed by atoms with van der Waals surface area (Å²) in [4.78, 5) is 12.3. The number of hydrogen-bond donors (Lipinski definition) is 3. The number of ether oxygens (including phenoxy) is 1. The molecule has 5 heteroatoms. The molecule has 5 nitrogen and oxygen atoms in total. The van der Waals surface area contributed by atoms with E-state index in [2.05, 4.69) is 17.6 Å². The van der Waals surface area contributed by atoms with Gasteiger partial charge in [-0.3, -0.25) is 4.79 Å². The lowest BCUT2D eigenvalue weighted by atomic mass is 9.92. The largest absolute Gasteiger partial charge is 0.393 e. The van der Waals surface area contributed by atoms with E-state index in [1.54, 1.807) is 0 Å². The minimum Gasteiger partial charge on any atom is -0.393 e. The minimum atomic E-state index is -0.257. The summed E-state index contributed by atoms with van der Waals surface area (Å²) in [5, 5.41) is 16.1. The molecule has 1 saturated carbocycles. The molecule has 0 spiro atoms. The summed E-state index contributed by atoms with van der Waals surface area (Å²) < 4.78 is 5.43. The maximum absolute atomic E-state index is 12.3. The van der Waals surface area contributed by atoms with Crippen molar-refractivity contribution in [3.8, 4) is 0 Å². The molecule has 0 aromatic rings. The quantitative estimate of drug-likeness (QED) is 0.677. The van der Waals surface area contributed by atoms with E-state index in [1.807, 2.05) is 0 Å². The van der Waals surface area contributed by atoms with Gasteiger partial charge in [-0.25, -0.2) is 0 Å². The van der Waals surface area contributed by atoms with Crippen LogP contribution in [0.25, 0.3) is 0 Å². The average molecular weight is 270 g/mol. The zero-order valence-electron chi connectivity index (χ0n) is 11.7. The van der Waals surface area contributed by atoms with Crippen LogP contribution < -0.4 is 10.6 Å². The molecule has 0 bridgehead atoms. The smallest absolute Gasteiger partial charge is 0.227 e. The molecule has 4 unspecified atom stereocenters. The molecule has 1 amide bonds. The second-order valence-electron chi connectivity index (χ2n) is 5.73. The molecule has 1 heterocycles. The van der Waals surface area contributed by atoms with Gasteiger partial charge in [0.2, 0.25) is 5.91 Å². The first kappa shape index (κ1) is 14.8. The molecule has 1 saturated heterocycles. The van der Waals surface area contributed by atoms with Gasteiger partial charge in [-0.1, -0.05) is 6.92 Å². The molecule has 110 valence electrons. The molecule has 0 aromatic carbocycles. The van der Waals surface area contributed by atoms with Crippen molar-refractivity contribution in [2.45, 2.75) is 57.2 Å². The van der Waals surface area contributed by atoms with E-state index in [-0.39, 0.29) is 30.0 Å². The molecule has 1 aliphatic heterocycles. The third-order valence-electron chi connectivity index (χ3n) is 4.07. The van der Waals surface area contributed by atoms with Crippen molar-refractivity contribution in [3.05, 3.63) is 0 Å². The Morgan fingerprint density at radius 2 is 2.21 bits per heavy atom. The second-order valence-corrected chi connectivity index (χ2v) is 5.73. The van der Waals surface area contributed by atoms with E-state index >= 15 is 0 Å². The highest BCUT2D eigenvalue weighted by atomic mass is 16.5. The van der Waals surface area contributed by atoms with E-state index in [0.717, 1.165) is 32.2 Å². The Morgan fingerprint density at radius 3 is 2.95 bits per heavy atom. The van der Waals surface area contributed by atoms with Gasteiger partial charge >= 0.3 is 0 Å². The number of amides is 1. The lowest BCUT2D eigenvalue weighted by molar-refractivity contribution is -0.126. The summed E-state index contributed by atoms with van der Waals surface area (Å²) in [5.41, 5.74) is 0. The van der Waals surface area contributed by atoms with Crippen molar-refractivity contribution in [2.24, 2.45) is 5.92 Å². The monoisotopic (exact) mass is 270 g/mol. The standard InChI is InChI=1S/C14H26N2O3/c1-2-6-15-13-9-19-8-12(13)14(18)16-10-4-3-5-11(17)7-10/h10-13,15,17H,2-9H2,1H3,(H,16,18). The third-order valence-corrected chi connectivity index (χ3v) is 4.07. The van der Waals surface area contributed by atoms with Crippen molar-refractivity contribution in [3.63, 3.8) is 0 Å². The van der Waals surface area contributed by atoms with Gasteiger partial charge in [-0.15, -0.1) is 0 Å². The second kappa shape index (κ2) is 7.22. The molecule has 0 aromatic heterocycles. The van der Waals surface area contributed by atoms with Gasteiger partial charge in [-0.05, 0) is 38.6 Å². The predicted octanol–water partition coefficient (Wildman–Crippen LogP) is 0.421. The molecule has 1 aliphatic carbocycles. The van der Waals surface area contributed by atoms with Crippen molar-refractivity contribution >= 4 is 5.91 Å². The van der Waals surface area contributed by atoms with Gasteiger partial charge in [0, 0.05) is 12.1 Å². The molecule has 2 aliphatic rings. The average Bonchev–Trinajstić information content (AvgIpc) is 2.84. The Labute approximate surface area is 115 Å². The van der Waals surface area contributed by atoms with Crippen LogP contribution in [0.15, 0.2) is 0 Å². The normalized spacial score (nSPS) is 35.3. The number of aliphatic hydroxyl groups is 1. The highest BCUT2D eigenvalue weighted by Gasteiger charge is 2.35. The first-order valence-corrected chi connectivity index (χ1v) is 7.50. The van der Waals surface area contributed by atoms with Crippen LogP contribution in [0.5, 0.6) is 0 Å². The number of carbonyl (C=O) groups is 1. The topological polar surface area (TPSA) is 70.6 Å². The highest BCUT2D eigenvalue weighted by Crippen LogP contribution is 2.20. The Morgan fingerprint density at radius 1 is 1.37 bits per heavy atom. The molecule has 0 radical (unpaired) electrons. The first-order valence-electron chi connectivity index (χ1n) is 7.50. The number of aliphatic hydroxyl groups excluding tert-OH is 1. The van der Waals surface area contributed by atoms with Gasteiger partial charge in [0.05, 0.1) is 25.2 Å². The van der Waals surface area contributed by atoms with Crippen LogP contribution in [-0.2, 0) is 9.53 Å². The van der Waals surface area contributed by atoms with Crippen LogP contribution in [0.3, 0.4) is 0 Å². The summed E-state index contributed by atoms with van der Waals surface area (Å²) >= 11 is 0. The number of carbonyl (C=O) groups excluding carboxylic acids is 1. The Hall–Kier alpha value is -0.650. The van der Waals surface area contributed by atoms with Crippen LogP contribution in [0.2, 0.25) is 0 Å². The SMILES string of the molecule is CCCNC1COCC1C(=O)NC1CCCC(O)C1. The van der Waals surface area contributed by atoms with E-state index in [9.17, 15) is 9.90 Å². The van der Waals surface area contributed by atoms with Crippen LogP contribution in [0.1, 0.15) is 39.0 Å². The minimum absolute atomic E-state index is 0.0743. The Bertz CT molecular complexity index is 298. The number of hydrogen-bond acceptors (Lipinski definition) is 4. The van der Waals surface area contributed by atoms with Crippen LogP contribution in [0, 0.1) is 5.92 Å². The summed E-state index contributed by atoms with van der Waals surface area (Å²) in [6, 6.07) is 0.261. The lowest BCUT2D eigenvalue weighted by Gasteiger charge is -2.28. The van der Waals surface area contributed by atoms with Crippen LogP contribution in [-0.4, -0.2) is 49.0 Å². The van der Waals surface area contributed by atoms with E-state index in [4.69, 9.17) is 4.74 Å². The van der Waals surface area contributed by atoms with Gasteiger partial charge < -0.3 is 20.5 Å². The molecule has 2 fully saturated rings. The van der Waals surface area contributed by atoms with Crippen molar-refractivity contribution in [1.29, 1.82) is 0 Å². The van der Waals surface area contributed by atoms with Gasteiger partial charge in [0.25, 0.3) is 0 Å². The summed E-state index contributed by atoms with van der Waals surface area (Å²) in [6.45, 7) is 4.15. The van der Waals surface area contributed by atoms with E-state index in [0.29, 0.717) is 19.6 Å². The van der Waals surface area contributed by atoms with Crippen molar-refractivity contribution in [1.82, 2.24) is 10.6 Å². The maximum atomic E-state index is 12.3. The first-order chi connectivity index (χ1) is 9.20. The molecular formula is C14H26N2O3. The number of rotatable bonds is 5. The Balaban J connectivity index is 1.81. The predicted molar refractivity (Wildman–Crippen MR) is 72.8 cm³/mol. The molecule has 19 heavy (non-hydrogen) atoms. The van der Waals surface area contributed by atoms with E-state index in [1.165, 1.54) is 0 Å². The van der Waals surface area contributed by atoms with Gasteiger partial charge in [0.15, 0.2) is 0 Å². The van der Waals surface area contributed by atoms with Crippen molar-refractivity contribution in [2.75, 3.05) is 19.8 Å². The fourth-order valence-corrected chi connectivity index (χ4v) is 2.95. The van der Waals surface area contributed by atoms with Gasteiger partial charge in [-0.2, -0.15) is 0 Å². The summed E-state index contributed by atoms with van der Waals surface area (Å²) in [7, 11) is 0. The lowest BCUT2D eigenvalue weighted by Crippen LogP contribution is -2.48. The zero-order chi connectivity index (χ0) is 13.7. The van der Waals surface area contributed by atoms with Crippen molar-refractivity contribution < 1.29 is 14.6 Å².